The van der Waals surface area contributed by atoms with Crippen molar-refractivity contribution in [1.29, 1.82) is 0 Å². The molecule has 1 amide bonds. The molecule has 0 bridgehead atoms. The number of benzene rings is 1. The van der Waals surface area contributed by atoms with Crippen LogP contribution in [0.4, 0.5) is 23.1 Å². The van der Waals surface area contributed by atoms with Gasteiger partial charge >= 0.3 is 0 Å². The fourth-order valence-electron chi connectivity index (χ4n) is 4.22. The van der Waals surface area contributed by atoms with E-state index in [0.717, 1.165) is 25.7 Å². The van der Waals surface area contributed by atoms with E-state index in [2.05, 4.69) is 20.6 Å². The Bertz CT molecular complexity index is 1050. The van der Waals surface area contributed by atoms with Crippen LogP contribution >= 0.6 is 0 Å². The maximum atomic E-state index is 12.6. The highest BCUT2D eigenvalue weighted by Crippen LogP contribution is 2.39. The molecule has 1 aromatic carbocycles. The van der Waals surface area contributed by atoms with Gasteiger partial charge in [-0.25, -0.2) is 4.98 Å². The second-order valence-electron chi connectivity index (χ2n) is 9.00. The lowest BCUT2D eigenvalue weighted by atomic mass is 9.91. The van der Waals surface area contributed by atoms with Crippen LogP contribution in [0.2, 0.25) is 0 Å². The number of nitrogens with one attached hydrogen (secondary N) is 2. The van der Waals surface area contributed by atoms with Gasteiger partial charge in [-0.2, -0.15) is 4.98 Å². The number of ether oxygens (including phenoxy) is 1. The molecule has 2 aliphatic rings. The van der Waals surface area contributed by atoms with Crippen LogP contribution < -0.4 is 26.0 Å². The number of ketones is 1. The molecule has 0 spiro atoms. The van der Waals surface area contributed by atoms with Crippen LogP contribution in [0.5, 0.6) is 5.75 Å². The summed E-state index contributed by atoms with van der Waals surface area (Å²) in [4.78, 5) is 35.2. The van der Waals surface area contributed by atoms with Gasteiger partial charge in [-0.05, 0) is 51.8 Å². The molecular formula is C23H30N6O3. The van der Waals surface area contributed by atoms with Gasteiger partial charge in [-0.1, -0.05) is 12.8 Å². The van der Waals surface area contributed by atoms with Crippen LogP contribution in [0.1, 0.15) is 56.8 Å². The summed E-state index contributed by atoms with van der Waals surface area (Å²) in [6.07, 6.45) is 5.70. The molecular weight excluding hydrogens is 408 g/mol. The van der Waals surface area contributed by atoms with Crippen molar-refractivity contribution in [2.24, 2.45) is 5.73 Å². The summed E-state index contributed by atoms with van der Waals surface area (Å²) in [7, 11) is 1.72. The lowest BCUT2D eigenvalue weighted by molar-refractivity contribution is -0.132. The summed E-state index contributed by atoms with van der Waals surface area (Å²) in [5.41, 5.74) is 7.01. The fraction of sp³-hybridized carbons (Fsp3) is 0.478. The highest BCUT2D eigenvalue weighted by Gasteiger charge is 2.39. The first-order valence-corrected chi connectivity index (χ1v) is 10.9. The van der Waals surface area contributed by atoms with Crippen molar-refractivity contribution in [3.63, 3.8) is 0 Å². The largest absolute Gasteiger partial charge is 0.476 e. The summed E-state index contributed by atoms with van der Waals surface area (Å²) >= 11 is 0. The van der Waals surface area contributed by atoms with Crippen molar-refractivity contribution in [3.05, 3.63) is 30.0 Å². The molecule has 1 aliphatic heterocycles. The van der Waals surface area contributed by atoms with Crippen LogP contribution in [0, 0.1) is 0 Å². The normalized spacial score (nSPS) is 22.0. The molecule has 1 aliphatic carbocycles. The first-order valence-electron chi connectivity index (χ1n) is 10.9. The number of Topliss-reactive ketones (excluding diaryl/α,β-unsaturated/α-hetero) is 1. The van der Waals surface area contributed by atoms with E-state index in [4.69, 9.17) is 10.5 Å². The van der Waals surface area contributed by atoms with Gasteiger partial charge < -0.3 is 26.0 Å². The molecule has 1 aromatic heterocycles. The lowest BCUT2D eigenvalue weighted by Gasteiger charge is -2.37. The third-order valence-electron chi connectivity index (χ3n) is 6.07. The molecule has 2 atom stereocenters. The topological polar surface area (TPSA) is 122 Å². The summed E-state index contributed by atoms with van der Waals surface area (Å²) < 4.78 is 5.86. The van der Waals surface area contributed by atoms with Gasteiger partial charge in [-0.3, -0.25) is 9.59 Å². The zero-order chi connectivity index (χ0) is 23.0. The number of nitrogens with two attached hydrogens (primary N) is 1. The Morgan fingerprint density at radius 1 is 1.28 bits per heavy atom. The maximum absolute atomic E-state index is 12.6. The molecule has 2 heterocycles. The number of hydrogen-bond acceptors (Lipinski definition) is 8. The summed E-state index contributed by atoms with van der Waals surface area (Å²) in [6, 6.07) is 5.59. The van der Waals surface area contributed by atoms with Gasteiger partial charge in [-0.15, -0.1) is 0 Å². The van der Waals surface area contributed by atoms with Crippen molar-refractivity contribution < 1.29 is 14.3 Å². The predicted octanol–water partition coefficient (Wildman–Crippen LogP) is 3.24. The smallest absolute Gasteiger partial charge is 0.270 e. The van der Waals surface area contributed by atoms with Gasteiger partial charge in [0.1, 0.15) is 11.6 Å². The number of fused-ring (bicyclic) bond motifs is 1. The lowest BCUT2D eigenvalue weighted by Crippen LogP contribution is -2.50. The number of likely N-dealkylation sites (N-methyl/N-ethyl adjacent to an activating group) is 1. The van der Waals surface area contributed by atoms with Crippen molar-refractivity contribution >= 4 is 34.8 Å². The van der Waals surface area contributed by atoms with Crippen LogP contribution in [0.3, 0.4) is 0 Å². The van der Waals surface area contributed by atoms with Crippen LogP contribution in [0.25, 0.3) is 0 Å². The monoisotopic (exact) mass is 438 g/mol. The van der Waals surface area contributed by atoms with Gasteiger partial charge in [0.2, 0.25) is 5.95 Å². The number of anilines is 4. The van der Waals surface area contributed by atoms with E-state index in [-0.39, 0.29) is 23.8 Å². The molecule has 4 N–H and O–H groups in total. The molecule has 32 heavy (non-hydrogen) atoms. The Morgan fingerprint density at radius 3 is 2.75 bits per heavy atom. The fourth-order valence-corrected chi connectivity index (χ4v) is 4.22. The van der Waals surface area contributed by atoms with E-state index >= 15 is 0 Å². The Morgan fingerprint density at radius 2 is 2.03 bits per heavy atom. The number of carbonyl (C=O) groups is 2. The Balaban J connectivity index is 1.62. The number of rotatable bonds is 5. The molecule has 0 unspecified atom stereocenters. The Labute approximate surface area is 187 Å². The minimum Gasteiger partial charge on any atom is -0.476 e. The quantitative estimate of drug-likeness (QED) is 0.608. The summed E-state index contributed by atoms with van der Waals surface area (Å²) in [6.45, 7) is 4.96. The average molecular weight is 439 g/mol. The Hall–Kier alpha value is -3.20. The molecule has 9 nitrogen and oxygen atoms in total. The second-order valence-corrected chi connectivity index (χ2v) is 9.00. The van der Waals surface area contributed by atoms with Crippen LogP contribution in [-0.2, 0) is 4.79 Å². The highest BCUT2D eigenvalue weighted by molar-refractivity contribution is 6.03. The van der Waals surface area contributed by atoms with E-state index in [0.29, 0.717) is 34.5 Å². The van der Waals surface area contributed by atoms with Gasteiger partial charge in [0.25, 0.3) is 5.91 Å². The van der Waals surface area contributed by atoms with Gasteiger partial charge in [0.05, 0.1) is 11.3 Å². The molecule has 170 valence electrons. The Kier molecular flexibility index (Phi) is 5.77. The summed E-state index contributed by atoms with van der Waals surface area (Å²) in [5.74, 6) is 1.15. The zero-order valence-corrected chi connectivity index (χ0v) is 18.9. The maximum Gasteiger partial charge on any atom is 0.270 e. The third-order valence-corrected chi connectivity index (χ3v) is 6.07. The number of amides is 1. The molecule has 9 heteroatoms. The number of carbonyl (C=O) groups excluding carboxylic acids is 2. The van der Waals surface area contributed by atoms with Crippen molar-refractivity contribution in [2.45, 2.75) is 64.1 Å². The van der Waals surface area contributed by atoms with E-state index in [1.54, 1.807) is 37.9 Å². The van der Waals surface area contributed by atoms with E-state index in [1.165, 1.54) is 13.1 Å². The van der Waals surface area contributed by atoms with Crippen molar-refractivity contribution in [2.75, 3.05) is 22.6 Å². The van der Waals surface area contributed by atoms with E-state index in [9.17, 15) is 9.59 Å². The standard InChI is InChI=1S/C23H30N6O3/c1-13(30)15-12-25-22(27-17-8-6-5-7-16(17)24)28-20(15)26-14-9-10-19-18(11-14)29(4)21(31)23(2,3)32-19/h9-12,16-17H,5-8,24H2,1-4H3,(H2,25,26,27,28)/t16-,17+/m0/s1. The molecule has 2 aromatic rings. The van der Waals surface area contributed by atoms with Crippen LogP contribution in [0.15, 0.2) is 24.4 Å². The molecule has 1 fully saturated rings. The minimum absolute atomic E-state index is 0.0502. The molecule has 1 saturated carbocycles. The van der Waals surface area contributed by atoms with E-state index in [1.807, 2.05) is 6.07 Å². The van der Waals surface area contributed by atoms with E-state index < -0.39 is 5.60 Å². The number of aromatic nitrogens is 2. The second kappa shape index (κ2) is 8.38. The molecule has 0 radical (unpaired) electrons. The first kappa shape index (κ1) is 22.0. The highest BCUT2D eigenvalue weighted by atomic mass is 16.5. The third kappa shape index (κ3) is 4.25. The van der Waals surface area contributed by atoms with Crippen molar-refractivity contribution in [3.8, 4) is 5.75 Å². The number of nitrogens with zero attached hydrogens (tertiary/aromatic N) is 3. The number of hydrogen-bond donors (Lipinski definition) is 3. The van der Waals surface area contributed by atoms with Crippen LogP contribution in [-0.4, -0.2) is 46.4 Å². The first-order chi connectivity index (χ1) is 15.2. The zero-order valence-electron chi connectivity index (χ0n) is 18.9. The minimum atomic E-state index is -0.925. The van der Waals surface area contributed by atoms with Gasteiger partial charge in [0, 0.05) is 31.0 Å². The predicted molar refractivity (Wildman–Crippen MR) is 124 cm³/mol. The van der Waals surface area contributed by atoms with Crippen molar-refractivity contribution in [1.82, 2.24) is 9.97 Å². The average Bonchev–Trinajstić information content (AvgIpc) is 2.74. The SMILES string of the molecule is CC(=O)c1cnc(N[C@@H]2CCCC[C@@H]2N)nc1Nc1ccc2c(c1)N(C)C(=O)C(C)(C)O2. The van der Waals surface area contributed by atoms with Gasteiger partial charge in [0.15, 0.2) is 11.4 Å². The molecule has 4 rings (SSSR count). The molecule has 0 saturated heterocycles. The summed E-state index contributed by atoms with van der Waals surface area (Å²) in [5, 5.41) is 6.54.